The first-order chi connectivity index (χ1) is 6.41. The molecule has 82 valence electrons. The Morgan fingerprint density at radius 2 is 1.86 bits per heavy atom. The zero-order valence-electron chi connectivity index (χ0n) is 7.59. The molecule has 1 heterocycles. The van der Waals surface area contributed by atoms with Crippen LogP contribution in [0.25, 0.3) is 0 Å². The highest BCUT2D eigenvalue weighted by molar-refractivity contribution is 7.86. The second kappa shape index (κ2) is 4.24. The van der Waals surface area contributed by atoms with Gasteiger partial charge in [-0.05, 0) is 12.8 Å². The Balaban J connectivity index is 2.48. The summed E-state index contributed by atoms with van der Waals surface area (Å²) >= 11 is 0. The normalized spacial score (nSPS) is 19.7. The van der Waals surface area contributed by atoms with Gasteiger partial charge in [0, 0.05) is 13.1 Å². The summed E-state index contributed by atoms with van der Waals surface area (Å²) in [6.45, 7) is 1.19. The van der Waals surface area contributed by atoms with Crippen LogP contribution in [0.3, 0.4) is 0 Å². The van der Waals surface area contributed by atoms with Gasteiger partial charge in [-0.3, -0.25) is 9.35 Å². The number of amides is 1. The molecule has 1 aliphatic heterocycles. The molecule has 6 nitrogen and oxygen atoms in total. The predicted molar refractivity (Wildman–Crippen MR) is 48.0 cm³/mol. The molecule has 1 unspecified atom stereocenters. The summed E-state index contributed by atoms with van der Waals surface area (Å²) in [7, 11) is -4.52. The Hall–Kier alpha value is -0.660. The number of aliphatic hydroxyl groups excluding tert-OH is 1. The van der Waals surface area contributed by atoms with E-state index in [0.29, 0.717) is 13.1 Å². The summed E-state index contributed by atoms with van der Waals surface area (Å²) < 4.78 is 29.3. The van der Waals surface area contributed by atoms with Crippen LogP contribution in [0.2, 0.25) is 0 Å². The van der Waals surface area contributed by atoms with E-state index in [1.54, 1.807) is 0 Å². The fourth-order valence-corrected chi connectivity index (χ4v) is 1.70. The number of likely N-dealkylation sites (tertiary alicyclic amines) is 1. The summed E-state index contributed by atoms with van der Waals surface area (Å²) in [6.07, 6.45) is 1.22. The SMILES string of the molecule is O=C(CC(O)S(=O)(=O)O)N1CCCC1. The molecule has 1 amide bonds. The largest absolute Gasteiger partial charge is 0.375 e. The number of carbonyl (C=O) groups is 1. The molecule has 0 aromatic heterocycles. The third-order valence-electron chi connectivity index (χ3n) is 2.15. The van der Waals surface area contributed by atoms with Crippen LogP contribution >= 0.6 is 0 Å². The monoisotopic (exact) mass is 223 g/mol. The standard InChI is InChI=1S/C7H13NO5S/c9-6(8-3-1-2-4-8)5-7(10)14(11,12)13/h7,10H,1-5H2,(H,11,12,13). The summed E-state index contributed by atoms with van der Waals surface area (Å²) in [6, 6.07) is 0. The van der Waals surface area contributed by atoms with Gasteiger partial charge < -0.3 is 10.0 Å². The molecule has 0 bridgehead atoms. The van der Waals surface area contributed by atoms with E-state index in [9.17, 15) is 13.2 Å². The Labute approximate surface area is 82.3 Å². The van der Waals surface area contributed by atoms with Crippen molar-refractivity contribution in [2.24, 2.45) is 0 Å². The number of aliphatic hydroxyl groups is 1. The highest BCUT2D eigenvalue weighted by Gasteiger charge is 2.26. The Bertz CT molecular complexity index is 306. The van der Waals surface area contributed by atoms with Crippen molar-refractivity contribution in [2.45, 2.75) is 24.7 Å². The third kappa shape index (κ3) is 2.93. The third-order valence-corrected chi connectivity index (χ3v) is 3.01. The van der Waals surface area contributed by atoms with E-state index in [1.165, 1.54) is 4.90 Å². The van der Waals surface area contributed by atoms with Gasteiger partial charge in [0.25, 0.3) is 10.1 Å². The number of carbonyl (C=O) groups excluding carboxylic acids is 1. The van der Waals surface area contributed by atoms with Crippen molar-refractivity contribution < 1.29 is 22.9 Å². The maximum absolute atomic E-state index is 11.3. The first-order valence-electron chi connectivity index (χ1n) is 4.33. The van der Waals surface area contributed by atoms with E-state index in [4.69, 9.17) is 9.66 Å². The smallest absolute Gasteiger partial charge is 0.292 e. The van der Waals surface area contributed by atoms with Gasteiger partial charge in [0.15, 0.2) is 5.44 Å². The van der Waals surface area contributed by atoms with Gasteiger partial charge in [-0.2, -0.15) is 8.42 Å². The molecule has 0 aromatic rings. The van der Waals surface area contributed by atoms with Crippen molar-refractivity contribution in [3.05, 3.63) is 0 Å². The molecule has 0 radical (unpaired) electrons. The number of hydrogen-bond acceptors (Lipinski definition) is 4. The van der Waals surface area contributed by atoms with Crippen LogP contribution in [-0.2, 0) is 14.9 Å². The average Bonchev–Trinajstić information content (AvgIpc) is 2.53. The van der Waals surface area contributed by atoms with E-state index < -0.39 is 27.9 Å². The van der Waals surface area contributed by atoms with Crippen molar-refractivity contribution in [3.63, 3.8) is 0 Å². The molecular weight excluding hydrogens is 210 g/mol. The van der Waals surface area contributed by atoms with Crippen LogP contribution in [0.15, 0.2) is 0 Å². The van der Waals surface area contributed by atoms with Crippen molar-refractivity contribution in [2.75, 3.05) is 13.1 Å². The summed E-state index contributed by atoms with van der Waals surface area (Å²) in [5.74, 6) is -0.437. The van der Waals surface area contributed by atoms with Gasteiger partial charge >= 0.3 is 0 Å². The summed E-state index contributed by atoms with van der Waals surface area (Å²) in [5.41, 5.74) is -2.00. The lowest BCUT2D eigenvalue weighted by Crippen LogP contribution is -2.33. The minimum atomic E-state index is -4.52. The second-order valence-corrected chi connectivity index (χ2v) is 4.84. The van der Waals surface area contributed by atoms with Crippen molar-refractivity contribution >= 4 is 16.0 Å². The minimum Gasteiger partial charge on any atom is -0.375 e. The Kier molecular flexibility index (Phi) is 3.46. The summed E-state index contributed by atoms with van der Waals surface area (Å²) in [4.78, 5) is 12.8. The average molecular weight is 223 g/mol. The molecule has 0 spiro atoms. The molecule has 1 aliphatic rings. The molecule has 1 saturated heterocycles. The predicted octanol–water partition coefficient (Wildman–Crippen LogP) is -0.795. The van der Waals surface area contributed by atoms with Crippen LogP contribution in [-0.4, -0.2) is 47.4 Å². The molecule has 14 heavy (non-hydrogen) atoms. The lowest BCUT2D eigenvalue weighted by molar-refractivity contribution is -0.131. The van der Waals surface area contributed by atoms with Gasteiger partial charge in [0.05, 0.1) is 6.42 Å². The molecule has 0 aliphatic carbocycles. The van der Waals surface area contributed by atoms with Crippen LogP contribution in [0.5, 0.6) is 0 Å². The van der Waals surface area contributed by atoms with E-state index >= 15 is 0 Å². The molecule has 2 N–H and O–H groups in total. The summed E-state index contributed by atoms with van der Waals surface area (Å²) in [5, 5.41) is 8.93. The molecule has 1 rings (SSSR count). The highest BCUT2D eigenvalue weighted by atomic mass is 32.2. The van der Waals surface area contributed by atoms with Gasteiger partial charge in [-0.25, -0.2) is 0 Å². The number of nitrogens with zero attached hydrogens (tertiary/aromatic N) is 1. The van der Waals surface area contributed by atoms with Crippen molar-refractivity contribution in [1.82, 2.24) is 4.90 Å². The van der Waals surface area contributed by atoms with E-state index in [1.807, 2.05) is 0 Å². The number of rotatable bonds is 3. The van der Waals surface area contributed by atoms with Gasteiger partial charge in [-0.15, -0.1) is 0 Å². The van der Waals surface area contributed by atoms with Gasteiger partial charge in [-0.1, -0.05) is 0 Å². The first kappa shape index (κ1) is 11.4. The Morgan fingerprint density at radius 1 is 1.36 bits per heavy atom. The van der Waals surface area contributed by atoms with Crippen molar-refractivity contribution in [1.29, 1.82) is 0 Å². The van der Waals surface area contributed by atoms with Crippen LogP contribution in [0.4, 0.5) is 0 Å². The lowest BCUT2D eigenvalue weighted by Gasteiger charge is -2.16. The van der Waals surface area contributed by atoms with Crippen LogP contribution in [0.1, 0.15) is 19.3 Å². The van der Waals surface area contributed by atoms with Crippen LogP contribution in [0, 0.1) is 0 Å². The van der Waals surface area contributed by atoms with Crippen LogP contribution < -0.4 is 0 Å². The molecule has 0 aromatic carbocycles. The molecule has 1 atom stereocenters. The highest BCUT2D eigenvalue weighted by Crippen LogP contribution is 2.11. The molecule has 7 heteroatoms. The Morgan fingerprint density at radius 3 is 2.29 bits per heavy atom. The zero-order valence-corrected chi connectivity index (χ0v) is 8.40. The molecular formula is C7H13NO5S. The fourth-order valence-electron chi connectivity index (χ4n) is 1.35. The maximum Gasteiger partial charge on any atom is 0.292 e. The minimum absolute atomic E-state index is 0.437. The van der Waals surface area contributed by atoms with Gasteiger partial charge in [0.2, 0.25) is 5.91 Å². The van der Waals surface area contributed by atoms with Gasteiger partial charge in [0.1, 0.15) is 0 Å². The van der Waals surface area contributed by atoms with E-state index in [2.05, 4.69) is 0 Å². The molecule has 0 saturated carbocycles. The zero-order chi connectivity index (χ0) is 10.8. The first-order valence-corrected chi connectivity index (χ1v) is 5.84. The topological polar surface area (TPSA) is 94.9 Å². The molecule has 1 fully saturated rings. The second-order valence-electron chi connectivity index (χ2n) is 3.26. The quantitative estimate of drug-likeness (QED) is 0.611. The number of hydrogen-bond donors (Lipinski definition) is 2. The van der Waals surface area contributed by atoms with Crippen molar-refractivity contribution in [3.8, 4) is 0 Å². The lowest BCUT2D eigenvalue weighted by atomic mass is 10.4. The maximum atomic E-state index is 11.3. The fraction of sp³-hybridized carbons (Fsp3) is 0.857. The van der Waals surface area contributed by atoms with E-state index in [0.717, 1.165) is 12.8 Å². The van der Waals surface area contributed by atoms with E-state index in [-0.39, 0.29) is 0 Å².